The van der Waals surface area contributed by atoms with Gasteiger partial charge in [0.25, 0.3) is 5.56 Å². The fourth-order valence-corrected chi connectivity index (χ4v) is 3.68. The van der Waals surface area contributed by atoms with E-state index in [0.29, 0.717) is 17.9 Å². The van der Waals surface area contributed by atoms with Gasteiger partial charge in [-0.15, -0.1) is 0 Å². The molecule has 152 valence electrons. The maximum atomic E-state index is 13.4. The van der Waals surface area contributed by atoms with Gasteiger partial charge in [0.1, 0.15) is 11.6 Å². The molecule has 0 fully saturated rings. The van der Waals surface area contributed by atoms with Gasteiger partial charge < -0.3 is 5.11 Å². The number of benzene rings is 2. The lowest BCUT2D eigenvalue weighted by molar-refractivity contribution is 0.476. The van der Waals surface area contributed by atoms with Crippen molar-refractivity contribution >= 4 is 0 Å². The third-order valence-electron chi connectivity index (χ3n) is 5.36. The number of aryl methyl sites for hydroxylation is 2. The summed E-state index contributed by atoms with van der Waals surface area (Å²) in [5.41, 5.74) is 3.35. The molecule has 0 spiro atoms. The van der Waals surface area contributed by atoms with Crippen LogP contribution >= 0.6 is 0 Å². The highest BCUT2D eigenvalue weighted by Gasteiger charge is 2.17. The van der Waals surface area contributed by atoms with Crippen molar-refractivity contribution < 1.29 is 5.11 Å². The fraction of sp³-hybridized carbons (Fsp3) is 0.360. The van der Waals surface area contributed by atoms with E-state index in [4.69, 9.17) is 4.98 Å². The molecule has 0 unspecified atom stereocenters. The van der Waals surface area contributed by atoms with Crippen LogP contribution in [0.25, 0.3) is 11.4 Å². The van der Waals surface area contributed by atoms with E-state index in [0.717, 1.165) is 36.9 Å². The Morgan fingerprint density at radius 2 is 1.66 bits per heavy atom. The van der Waals surface area contributed by atoms with Gasteiger partial charge in [0.05, 0.1) is 5.56 Å². The van der Waals surface area contributed by atoms with Crippen LogP contribution in [0.4, 0.5) is 0 Å². The minimum atomic E-state index is 0.0168. The molecule has 0 atom stereocenters. The number of hydrogen-bond donors (Lipinski definition) is 1. The van der Waals surface area contributed by atoms with Crippen LogP contribution in [0.2, 0.25) is 0 Å². The first-order valence-electron chi connectivity index (χ1n) is 10.5. The summed E-state index contributed by atoms with van der Waals surface area (Å²) >= 11 is 0. The highest BCUT2D eigenvalue weighted by molar-refractivity contribution is 5.64. The lowest BCUT2D eigenvalue weighted by atomic mass is 10.0. The van der Waals surface area contributed by atoms with Crippen molar-refractivity contribution in [2.24, 2.45) is 0 Å². The summed E-state index contributed by atoms with van der Waals surface area (Å²) < 4.78 is 1.74. The number of nitrogens with zero attached hydrogens (tertiary/aromatic N) is 2. The van der Waals surface area contributed by atoms with Crippen molar-refractivity contribution in [2.45, 2.75) is 58.9 Å². The Balaban J connectivity index is 2.00. The monoisotopic (exact) mass is 390 g/mol. The van der Waals surface area contributed by atoms with Crippen molar-refractivity contribution in [2.75, 3.05) is 0 Å². The zero-order valence-electron chi connectivity index (χ0n) is 17.4. The molecule has 3 rings (SSSR count). The van der Waals surface area contributed by atoms with Crippen LogP contribution in [0.15, 0.2) is 59.4 Å². The van der Waals surface area contributed by atoms with Crippen LogP contribution in [0.3, 0.4) is 0 Å². The summed E-state index contributed by atoms with van der Waals surface area (Å²) in [7, 11) is 0. The zero-order chi connectivity index (χ0) is 20.6. The van der Waals surface area contributed by atoms with Crippen molar-refractivity contribution in [1.29, 1.82) is 0 Å². The summed E-state index contributed by atoms with van der Waals surface area (Å²) in [6.45, 7) is 4.62. The summed E-state index contributed by atoms with van der Waals surface area (Å²) in [6, 6.07) is 17.2. The average Bonchev–Trinajstić information content (AvgIpc) is 2.73. The van der Waals surface area contributed by atoms with Gasteiger partial charge in [-0.25, -0.2) is 4.98 Å². The second kappa shape index (κ2) is 10.1. The molecule has 0 amide bonds. The van der Waals surface area contributed by atoms with Gasteiger partial charge in [0.2, 0.25) is 0 Å². The predicted molar refractivity (Wildman–Crippen MR) is 118 cm³/mol. The van der Waals surface area contributed by atoms with E-state index in [2.05, 4.69) is 19.1 Å². The number of phenolic OH excluding ortho intramolecular Hbond substituents is 1. The van der Waals surface area contributed by atoms with E-state index in [1.165, 1.54) is 18.4 Å². The Bertz CT molecular complexity index is 993. The third kappa shape index (κ3) is 5.14. The largest absolute Gasteiger partial charge is 0.507 e. The van der Waals surface area contributed by atoms with Crippen LogP contribution in [0, 0.1) is 6.92 Å². The van der Waals surface area contributed by atoms with Gasteiger partial charge in [-0.05, 0) is 43.9 Å². The van der Waals surface area contributed by atoms with Gasteiger partial charge in [-0.3, -0.25) is 9.36 Å². The van der Waals surface area contributed by atoms with Gasteiger partial charge in [-0.1, -0.05) is 68.7 Å². The van der Waals surface area contributed by atoms with Crippen molar-refractivity contribution in [3.63, 3.8) is 0 Å². The molecular formula is C25H30N2O2. The highest BCUT2D eigenvalue weighted by Crippen LogP contribution is 2.27. The number of rotatable bonds is 9. The first kappa shape index (κ1) is 20.8. The third-order valence-corrected chi connectivity index (χ3v) is 5.36. The molecule has 0 radical (unpaired) electrons. The summed E-state index contributed by atoms with van der Waals surface area (Å²) in [5, 5.41) is 10.4. The molecule has 0 aliphatic carbocycles. The Morgan fingerprint density at radius 1 is 0.931 bits per heavy atom. The van der Waals surface area contributed by atoms with Crippen LogP contribution in [0.1, 0.15) is 49.4 Å². The Hall–Kier alpha value is -2.88. The molecule has 0 aliphatic heterocycles. The van der Waals surface area contributed by atoms with Gasteiger partial charge >= 0.3 is 0 Å². The van der Waals surface area contributed by atoms with E-state index >= 15 is 0 Å². The van der Waals surface area contributed by atoms with E-state index < -0.39 is 0 Å². The first-order valence-corrected chi connectivity index (χ1v) is 10.5. The maximum Gasteiger partial charge on any atom is 0.257 e. The number of para-hydroxylation sites is 1. The molecule has 3 aromatic rings. The number of aromatic nitrogens is 2. The van der Waals surface area contributed by atoms with E-state index in [1.807, 2.05) is 37.3 Å². The molecule has 29 heavy (non-hydrogen) atoms. The van der Waals surface area contributed by atoms with E-state index in [-0.39, 0.29) is 11.3 Å². The lowest BCUT2D eigenvalue weighted by Gasteiger charge is -2.17. The minimum Gasteiger partial charge on any atom is -0.507 e. The second-order valence-electron chi connectivity index (χ2n) is 7.52. The fourth-order valence-electron chi connectivity index (χ4n) is 3.68. The first-order chi connectivity index (χ1) is 14.1. The van der Waals surface area contributed by atoms with Crippen LogP contribution in [0.5, 0.6) is 5.75 Å². The molecule has 4 heteroatoms. The molecule has 0 saturated heterocycles. The average molecular weight is 391 g/mol. The number of aromatic hydroxyl groups is 1. The molecule has 0 aliphatic rings. The molecule has 0 saturated carbocycles. The summed E-state index contributed by atoms with van der Waals surface area (Å²) in [4.78, 5) is 18.2. The smallest absolute Gasteiger partial charge is 0.257 e. The lowest BCUT2D eigenvalue weighted by Crippen LogP contribution is -2.29. The molecule has 4 nitrogen and oxygen atoms in total. The van der Waals surface area contributed by atoms with Gasteiger partial charge in [0.15, 0.2) is 0 Å². The van der Waals surface area contributed by atoms with Gasteiger partial charge in [0, 0.05) is 17.8 Å². The quantitative estimate of drug-likeness (QED) is 0.505. The van der Waals surface area contributed by atoms with Crippen LogP contribution < -0.4 is 5.56 Å². The topological polar surface area (TPSA) is 55.1 Å². The van der Waals surface area contributed by atoms with E-state index in [9.17, 15) is 9.90 Å². The molecule has 1 heterocycles. The van der Waals surface area contributed by atoms with Gasteiger partial charge in [-0.2, -0.15) is 0 Å². The molecule has 1 aromatic heterocycles. The highest BCUT2D eigenvalue weighted by atomic mass is 16.3. The molecular weight excluding hydrogens is 360 g/mol. The maximum absolute atomic E-state index is 13.4. The van der Waals surface area contributed by atoms with Crippen molar-refractivity contribution in [3.05, 3.63) is 81.8 Å². The Labute approximate surface area is 172 Å². The second-order valence-corrected chi connectivity index (χ2v) is 7.52. The molecule has 0 bridgehead atoms. The summed E-state index contributed by atoms with van der Waals surface area (Å²) in [5.74, 6) is 0.682. The summed E-state index contributed by atoms with van der Waals surface area (Å²) in [6.07, 6.45) is 5.97. The number of phenols is 1. The van der Waals surface area contributed by atoms with Crippen molar-refractivity contribution in [3.8, 4) is 17.1 Å². The Kier molecular flexibility index (Phi) is 7.23. The zero-order valence-corrected chi connectivity index (χ0v) is 17.4. The minimum absolute atomic E-state index is 0.0168. The number of hydrogen-bond acceptors (Lipinski definition) is 3. The predicted octanol–water partition coefficient (Wildman–Crippen LogP) is 5.29. The van der Waals surface area contributed by atoms with Crippen LogP contribution in [-0.2, 0) is 19.4 Å². The molecule has 2 aromatic carbocycles. The standard InChI is InChI=1S/C25H30N2O2/c1-3-4-5-9-14-21-19(2)26-24(22-15-10-11-16-23(22)28)27(25(21)29)18-17-20-12-7-6-8-13-20/h6-8,10-13,15-16,28H,3-5,9,14,17-18H2,1-2H3. The number of unbranched alkanes of at least 4 members (excludes halogenated alkanes) is 3. The van der Waals surface area contributed by atoms with Crippen molar-refractivity contribution in [1.82, 2.24) is 9.55 Å². The SMILES string of the molecule is CCCCCCc1c(C)nc(-c2ccccc2O)n(CCc2ccccc2)c1=O. The van der Waals surface area contributed by atoms with Crippen LogP contribution in [-0.4, -0.2) is 14.7 Å². The molecule has 1 N–H and O–H groups in total. The Morgan fingerprint density at radius 3 is 2.38 bits per heavy atom. The normalized spacial score (nSPS) is 11.0. The van der Waals surface area contributed by atoms with E-state index in [1.54, 1.807) is 16.7 Å².